The summed E-state index contributed by atoms with van der Waals surface area (Å²) in [5.74, 6) is 0.593. The third kappa shape index (κ3) is 1.32. The monoisotopic (exact) mass is 213 g/mol. The molecule has 82 valence electrons. The Labute approximate surface area is 94.7 Å². The number of anilines is 1. The molecule has 3 rings (SSSR count). The zero-order valence-corrected chi connectivity index (χ0v) is 9.38. The van der Waals surface area contributed by atoms with Crippen LogP contribution in [0.4, 0.5) is 5.82 Å². The van der Waals surface area contributed by atoms with E-state index in [-0.39, 0.29) is 0 Å². The molecule has 16 heavy (non-hydrogen) atoms. The van der Waals surface area contributed by atoms with Gasteiger partial charge in [-0.1, -0.05) is 12.1 Å². The highest BCUT2D eigenvalue weighted by Gasteiger charge is 2.13. The van der Waals surface area contributed by atoms with Crippen molar-refractivity contribution in [2.24, 2.45) is 0 Å². The number of benzene rings is 1. The first-order chi connectivity index (χ1) is 7.75. The van der Waals surface area contributed by atoms with Gasteiger partial charge in [0.05, 0.1) is 5.69 Å². The molecule has 0 radical (unpaired) electrons. The van der Waals surface area contributed by atoms with E-state index in [4.69, 9.17) is 5.73 Å². The number of hydrogen-bond acceptors (Lipinski definition) is 2. The van der Waals surface area contributed by atoms with Gasteiger partial charge >= 0.3 is 0 Å². The molecule has 0 fully saturated rings. The maximum absolute atomic E-state index is 5.75. The largest absolute Gasteiger partial charge is 0.382 e. The lowest BCUT2D eigenvalue weighted by Gasteiger charge is -2.04. The molecule has 0 aliphatic heterocycles. The summed E-state index contributed by atoms with van der Waals surface area (Å²) in [7, 11) is 0. The van der Waals surface area contributed by atoms with Gasteiger partial charge in [-0.05, 0) is 43.4 Å². The number of rotatable bonds is 1. The highest BCUT2D eigenvalue weighted by molar-refractivity contribution is 5.68. The van der Waals surface area contributed by atoms with Crippen molar-refractivity contribution in [3.63, 3.8) is 0 Å². The number of nitrogens with two attached hydrogens (primary N) is 1. The van der Waals surface area contributed by atoms with Crippen molar-refractivity contribution in [2.75, 3.05) is 5.73 Å². The van der Waals surface area contributed by atoms with Gasteiger partial charge in [0.25, 0.3) is 0 Å². The van der Waals surface area contributed by atoms with Gasteiger partial charge in [0.1, 0.15) is 5.82 Å². The zero-order chi connectivity index (χ0) is 11.1. The van der Waals surface area contributed by atoms with Crippen molar-refractivity contribution in [3.05, 3.63) is 34.9 Å². The Balaban J connectivity index is 2.10. The van der Waals surface area contributed by atoms with Gasteiger partial charge in [-0.2, -0.15) is 5.10 Å². The Hall–Kier alpha value is -1.77. The Morgan fingerprint density at radius 3 is 2.81 bits per heavy atom. The Kier molecular flexibility index (Phi) is 1.99. The Morgan fingerprint density at radius 2 is 2.06 bits per heavy atom. The lowest BCUT2D eigenvalue weighted by molar-refractivity contribution is 0.912. The first-order valence-corrected chi connectivity index (χ1v) is 5.68. The van der Waals surface area contributed by atoms with Crippen LogP contribution in [0.3, 0.4) is 0 Å². The number of nitrogens with one attached hydrogen (secondary N) is 1. The highest BCUT2D eigenvalue weighted by Crippen LogP contribution is 2.29. The van der Waals surface area contributed by atoms with E-state index >= 15 is 0 Å². The number of H-pyrrole nitrogens is 1. The molecule has 3 N–H and O–H groups in total. The maximum atomic E-state index is 5.75. The quantitative estimate of drug-likeness (QED) is 0.764. The summed E-state index contributed by atoms with van der Waals surface area (Å²) in [6.45, 7) is 2.00. The van der Waals surface area contributed by atoms with E-state index in [1.807, 2.05) is 6.92 Å². The molecule has 0 saturated heterocycles. The molecule has 1 aliphatic carbocycles. The van der Waals surface area contributed by atoms with Gasteiger partial charge in [0.2, 0.25) is 0 Å². The van der Waals surface area contributed by atoms with Gasteiger partial charge in [0, 0.05) is 11.1 Å². The second-order valence-electron chi connectivity index (χ2n) is 4.45. The normalized spacial score (nSPS) is 14.1. The molecule has 0 spiro atoms. The van der Waals surface area contributed by atoms with Gasteiger partial charge in [-0.25, -0.2) is 0 Å². The third-order valence-electron chi connectivity index (χ3n) is 3.43. The zero-order valence-electron chi connectivity index (χ0n) is 9.38. The van der Waals surface area contributed by atoms with Crippen LogP contribution in [0.1, 0.15) is 23.1 Å². The molecule has 3 heteroatoms. The molecular formula is C13H15N3. The number of aryl methyl sites for hydroxylation is 2. The topological polar surface area (TPSA) is 54.7 Å². The predicted molar refractivity (Wildman–Crippen MR) is 65.2 cm³/mol. The molecule has 1 heterocycles. The summed E-state index contributed by atoms with van der Waals surface area (Å²) in [6.07, 6.45) is 3.70. The average Bonchev–Trinajstić information content (AvgIpc) is 2.86. The van der Waals surface area contributed by atoms with Crippen LogP contribution >= 0.6 is 0 Å². The van der Waals surface area contributed by atoms with E-state index in [2.05, 4.69) is 28.4 Å². The van der Waals surface area contributed by atoms with Crippen molar-refractivity contribution in [3.8, 4) is 11.3 Å². The van der Waals surface area contributed by atoms with Crippen molar-refractivity contribution >= 4 is 5.82 Å². The van der Waals surface area contributed by atoms with Crippen LogP contribution in [-0.2, 0) is 12.8 Å². The van der Waals surface area contributed by atoms with Crippen LogP contribution in [-0.4, -0.2) is 10.2 Å². The minimum atomic E-state index is 0.593. The van der Waals surface area contributed by atoms with Crippen molar-refractivity contribution in [1.82, 2.24) is 10.2 Å². The smallest absolute Gasteiger partial charge is 0.148 e. The van der Waals surface area contributed by atoms with E-state index in [1.165, 1.54) is 36.0 Å². The summed E-state index contributed by atoms with van der Waals surface area (Å²) in [6, 6.07) is 6.65. The molecule has 0 unspecified atom stereocenters. The van der Waals surface area contributed by atoms with Crippen LogP contribution in [0, 0.1) is 6.92 Å². The fraction of sp³-hybridized carbons (Fsp3) is 0.308. The number of nitrogens with zero attached hydrogens (tertiary/aromatic N) is 1. The molecular weight excluding hydrogens is 198 g/mol. The number of fused-ring (bicyclic) bond motifs is 1. The van der Waals surface area contributed by atoms with Gasteiger partial charge < -0.3 is 5.73 Å². The molecule has 2 aromatic rings. The highest BCUT2D eigenvalue weighted by atomic mass is 15.2. The van der Waals surface area contributed by atoms with Crippen LogP contribution in [0.5, 0.6) is 0 Å². The van der Waals surface area contributed by atoms with E-state index in [9.17, 15) is 0 Å². The predicted octanol–water partition coefficient (Wildman–Crippen LogP) is 2.46. The summed E-state index contributed by atoms with van der Waals surface area (Å²) < 4.78 is 0. The van der Waals surface area contributed by atoms with Crippen molar-refractivity contribution in [1.29, 1.82) is 0 Å². The second kappa shape index (κ2) is 3.37. The minimum Gasteiger partial charge on any atom is -0.382 e. The number of aromatic nitrogens is 2. The lowest BCUT2D eigenvalue weighted by atomic mass is 10.0. The van der Waals surface area contributed by atoms with Crippen molar-refractivity contribution < 1.29 is 0 Å². The molecule has 0 amide bonds. The first-order valence-electron chi connectivity index (χ1n) is 5.68. The summed E-state index contributed by atoms with van der Waals surface area (Å²) in [5.41, 5.74) is 12.0. The van der Waals surface area contributed by atoms with Crippen LogP contribution in [0.15, 0.2) is 18.2 Å². The summed E-state index contributed by atoms with van der Waals surface area (Å²) in [5, 5.41) is 7.05. The number of aromatic amines is 1. The fourth-order valence-electron chi connectivity index (χ4n) is 2.42. The number of nitrogen functional groups attached to an aromatic ring is 1. The lowest BCUT2D eigenvalue weighted by Crippen LogP contribution is -1.88. The third-order valence-corrected chi connectivity index (χ3v) is 3.43. The van der Waals surface area contributed by atoms with E-state index in [1.54, 1.807) is 0 Å². The van der Waals surface area contributed by atoms with Gasteiger partial charge in [0.15, 0.2) is 0 Å². The Bertz CT molecular complexity index is 540. The van der Waals surface area contributed by atoms with Crippen LogP contribution in [0.25, 0.3) is 11.3 Å². The standard InChI is InChI=1S/C13H15N3/c1-8-12(15-16-13(8)14)11-6-5-9-3-2-4-10(9)7-11/h5-7H,2-4H2,1H3,(H3,14,15,16). The fourth-order valence-corrected chi connectivity index (χ4v) is 2.42. The number of hydrogen-bond donors (Lipinski definition) is 2. The molecule has 0 atom stereocenters. The molecule has 1 aliphatic rings. The van der Waals surface area contributed by atoms with Crippen LogP contribution in [0.2, 0.25) is 0 Å². The van der Waals surface area contributed by atoms with Gasteiger partial charge in [-0.3, -0.25) is 5.10 Å². The van der Waals surface area contributed by atoms with Gasteiger partial charge in [-0.15, -0.1) is 0 Å². The molecule has 0 saturated carbocycles. The molecule has 3 nitrogen and oxygen atoms in total. The van der Waals surface area contributed by atoms with E-state index in [0.29, 0.717) is 5.82 Å². The van der Waals surface area contributed by atoms with E-state index in [0.717, 1.165) is 11.3 Å². The molecule has 0 bridgehead atoms. The molecule has 1 aromatic carbocycles. The van der Waals surface area contributed by atoms with Crippen LogP contribution < -0.4 is 5.73 Å². The SMILES string of the molecule is Cc1c(N)n[nH]c1-c1ccc2c(c1)CCC2. The Morgan fingerprint density at radius 1 is 1.25 bits per heavy atom. The first kappa shape index (κ1) is 9.46. The van der Waals surface area contributed by atoms with E-state index < -0.39 is 0 Å². The van der Waals surface area contributed by atoms with Crippen molar-refractivity contribution in [2.45, 2.75) is 26.2 Å². The minimum absolute atomic E-state index is 0.593. The average molecular weight is 213 g/mol. The summed E-state index contributed by atoms with van der Waals surface area (Å²) in [4.78, 5) is 0. The maximum Gasteiger partial charge on any atom is 0.148 e. The summed E-state index contributed by atoms with van der Waals surface area (Å²) >= 11 is 0. The second-order valence-corrected chi connectivity index (χ2v) is 4.45. The molecule has 1 aromatic heterocycles.